The number of anilines is 2. The van der Waals surface area contributed by atoms with Crippen LogP contribution in [-0.4, -0.2) is 13.1 Å². The molecule has 0 bridgehead atoms. The van der Waals surface area contributed by atoms with Gasteiger partial charge in [0.25, 0.3) is 0 Å². The summed E-state index contributed by atoms with van der Waals surface area (Å²) in [5.41, 5.74) is 5.37. The molecule has 0 spiro atoms. The van der Waals surface area contributed by atoms with Crippen LogP contribution in [0.4, 0.5) is 11.4 Å². The molecule has 2 aromatic carbocycles. The van der Waals surface area contributed by atoms with Crippen molar-refractivity contribution >= 4 is 20.3 Å². The largest absolute Gasteiger partial charge is 0.230 e. The van der Waals surface area contributed by atoms with E-state index in [-0.39, 0.29) is 8.88 Å². The summed E-state index contributed by atoms with van der Waals surface area (Å²) >= 11 is 0. The molecule has 0 aromatic heterocycles. The average Bonchev–Trinajstić information content (AvgIpc) is 2.90. The zero-order chi connectivity index (χ0) is 13.2. The Hall–Kier alpha value is -1.53. The number of rotatable bonds is 2. The van der Waals surface area contributed by atoms with Crippen LogP contribution in [0.15, 0.2) is 48.5 Å². The number of nitrogens with zero attached hydrogens (tertiary/aromatic N) is 2. The maximum absolute atomic E-state index is 2.51. The molecule has 98 valence electrons. The zero-order valence-electron chi connectivity index (χ0n) is 11.5. The number of hydrogen-bond donors (Lipinski definition) is 0. The average molecular weight is 271 g/mol. The molecular weight excluding hydrogens is 251 g/mol. The minimum atomic E-state index is 0.161. The topological polar surface area (TPSA) is 6.48 Å². The molecule has 0 atom stereocenters. The second-order valence-corrected chi connectivity index (χ2v) is 6.65. The van der Waals surface area contributed by atoms with Crippen LogP contribution < -0.4 is 9.34 Å². The Morgan fingerprint density at radius 3 is 1.42 bits per heavy atom. The first-order valence-corrected chi connectivity index (χ1v) is 7.77. The van der Waals surface area contributed by atoms with E-state index in [0.29, 0.717) is 0 Å². The van der Waals surface area contributed by atoms with Crippen molar-refractivity contribution in [3.63, 3.8) is 0 Å². The lowest BCUT2D eigenvalue weighted by molar-refractivity contribution is 1.02. The van der Waals surface area contributed by atoms with E-state index in [1.54, 1.807) is 0 Å². The Balaban J connectivity index is 1.73. The minimum Gasteiger partial charge on any atom is -0.230 e. The van der Waals surface area contributed by atoms with Gasteiger partial charge in [-0.1, -0.05) is 35.4 Å². The van der Waals surface area contributed by atoms with Gasteiger partial charge in [-0.15, -0.1) is 0 Å². The first-order valence-electron chi connectivity index (χ1n) is 6.74. The van der Waals surface area contributed by atoms with E-state index >= 15 is 0 Å². The summed E-state index contributed by atoms with van der Waals surface area (Å²) in [6.07, 6.45) is 0. The highest BCUT2D eigenvalue weighted by Crippen LogP contribution is 2.38. The van der Waals surface area contributed by atoms with Gasteiger partial charge in [0.05, 0.1) is 24.5 Å². The first kappa shape index (κ1) is 12.5. The lowest BCUT2D eigenvalue weighted by Gasteiger charge is -2.14. The van der Waals surface area contributed by atoms with Crippen LogP contribution in [-0.2, 0) is 0 Å². The van der Waals surface area contributed by atoms with E-state index in [2.05, 4.69) is 71.7 Å². The van der Waals surface area contributed by atoms with Crippen LogP contribution in [0.2, 0.25) is 0 Å². The maximum atomic E-state index is 2.51. The molecule has 0 radical (unpaired) electrons. The van der Waals surface area contributed by atoms with Gasteiger partial charge in [0.1, 0.15) is 0 Å². The lowest BCUT2D eigenvalue weighted by Crippen LogP contribution is -2.10. The molecule has 3 rings (SSSR count). The molecule has 2 aromatic rings. The predicted octanol–water partition coefficient (Wildman–Crippen LogP) is 3.87. The molecule has 0 aliphatic carbocycles. The molecular formula is C16H20N2P+. The molecule has 1 aliphatic rings. The van der Waals surface area contributed by atoms with Gasteiger partial charge in [0, 0.05) is 0 Å². The van der Waals surface area contributed by atoms with E-state index in [0.717, 1.165) is 13.1 Å². The predicted molar refractivity (Wildman–Crippen MR) is 86.8 cm³/mol. The normalized spacial score (nSPS) is 15.1. The van der Waals surface area contributed by atoms with Gasteiger partial charge in [0.2, 0.25) is 0 Å². The SMILES string of the molecule is Cc1ccc(N2CCN(c3ccc(C)cc3)[PH2+]2)cc1. The van der Waals surface area contributed by atoms with E-state index in [1.165, 1.54) is 22.5 Å². The van der Waals surface area contributed by atoms with Crippen LogP contribution in [0.5, 0.6) is 0 Å². The molecule has 19 heavy (non-hydrogen) atoms. The highest BCUT2D eigenvalue weighted by molar-refractivity contribution is 7.42. The summed E-state index contributed by atoms with van der Waals surface area (Å²) in [6, 6.07) is 17.7. The van der Waals surface area contributed by atoms with E-state index in [9.17, 15) is 0 Å². The van der Waals surface area contributed by atoms with Crippen LogP contribution in [0.1, 0.15) is 11.1 Å². The number of benzene rings is 2. The Morgan fingerprint density at radius 1 is 0.684 bits per heavy atom. The summed E-state index contributed by atoms with van der Waals surface area (Å²) in [5, 5.41) is 0. The van der Waals surface area contributed by atoms with Crippen LogP contribution in [0, 0.1) is 13.8 Å². The fourth-order valence-electron chi connectivity index (χ4n) is 2.36. The molecule has 1 aliphatic heterocycles. The molecule has 1 saturated heterocycles. The Labute approximate surface area is 116 Å². The van der Waals surface area contributed by atoms with Crippen molar-refractivity contribution in [3.05, 3.63) is 59.7 Å². The van der Waals surface area contributed by atoms with Crippen LogP contribution in [0.25, 0.3) is 0 Å². The van der Waals surface area contributed by atoms with E-state index < -0.39 is 0 Å². The molecule has 0 saturated carbocycles. The highest BCUT2D eigenvalue weighted by atomic mass is 31.1. The smallest absolute Gasteiger partial charge is 0.170 e. The standard InChI is InChI=1S/C16H19N2P/c1-13-3-7-15(8-4-13)17-11-12-18(19-17)16-9-5-14(2)6-10-16/h3-10,19H,11-12H2,1-2H3/p+1. The molecule has 3 heteroatoms. The summed E-state index contributed by atoms with van der Waals surface area (Å²) in [5.74, 6) is 0. The van der Waals surface area contributed by atoms with E-state index in [1.807, 2.05) is 0 Å². The van der Waals surface area contributed by atoms with Crippen molar-refractivity contribution in [2.24, 2.45) is 0 Å². The van der Waals surface area contributed by atoms with Crippen molar-refractivity contribution < 1.29 is 0 Å². The number of aryl methyl sites for hydroxylation is 2. The first-order chi connectivity index (χ1) is 9.22. The Kier molecular flexibility index (Phi) is 3.44. The summed E-state index contributed by atoms with van der Waals surface area (Å²) in [7, 11) is 0.161. The van der Waals surface area contributed by atoms with Crippen molar-refractivity contribution in [1.82, 2.24) is 0 Å². The second-order valence-electron chi connectivity index (χ2n) is 5.17. The summed E-state index contributed by atoms with van der Waals surface area (Å²) in [6.45, 7) is 6.54. The quantitative estimate of drug-likeness (QED) is 0.765. The third kappa shape index (κ3) is 2.74. The number of hydrogen-bond acceptors (Lipinski definition) is 2. The van der Waals surface area contributed by atoms with Crippen LogP contribution >= 0.6 is 8.88 Å². The fraction of sp³-hybridized carbons (Fsp3) is 0.250. The molecule has 2 nitrogen and oxygen atoms in total. The van der Waals surface area contributed by atoms with Gasteiger partial charge in [-0.05, 0) is 38.1 Å². The Bertz CT molecular complexity index is 496. The molecule has 0 unspecified atom stereocenters. The fourth-order valence-corrected chi connectivity index (χ4v) is 3.77. The Morgan fingerprint density at radius 2 is 1.05 bits per heavy atom. The monoisotopic (exact) mass is 271 g/mol. The molecule has 1 fully saturated rings. The van der Waals surface area contributed by atoms with E-state index in [4.69, 9.17) is 0 Å². The molecule has 0 amide bonds. The highest BCUT2D eigenvalue weighted by Gasteiger charge is 2.27. The summed E-state index contributed by atoms with van der Waals surface area (Å²) in [4.78, 5) is 0. The molecule has 0 N–H and O–H groups in total. The van der Waals surface area contributed by atoms with Gasteiger partial charge in [-0.2, -0.15) is 0 Å². The van der Waals surface area contributed by atoms with Gasteiger partial charge in [0.15, 0.2) is 8.88 Å². The van der Waals surface area contributed by atoms with Gasteiger partial charge in [-0.3, -0.25) is 0 Å². The zero-order valence-corrected chi connectivity index (χ0v) is 12.7. The van der Waals surface area contributed by atoms with Gasteiger partial charge < -0.3 is 0 Å². The van der Waals surface area contributed by atoms with Crippen LogP contribution in [0.3, 0.4) is 0 Å². The third-order valence-electron chi connectivity index (χ3n) is 3.59. The van der Waals surface area contributed by atoms with Crippen molar-refractivity contribution in [3.8, 4) is 0 Å². The van der Waals surface area contributed by atoms with Crippen molar-refractivity contribution in [2.45, 2.75) is 13.8 Å². The third-order valence-corrected chi connectivity index (χ3v) is 5.26. The van der Waals surface area contributed by atoms with Crippen molar-refractivity contribution in [1.29, 1.82) is 0 Å². The molecule has 1 heterocycles. The lowest BCUT2D eigenvalue weighted by atomic mass is 10.2. The van der Waals surface area contributed by atoms with Gasteiger partial charge in [-0.25, -0.2) is 9.34 Å². The maximum Gasteiger partial charge on any atom is 0.170 e. The van der Waals surface area contributed by atoms with Crippen molar-refractivity contribution in [2.75, 3.05) is 22.4 Å². The van der Waals surface area contributed by atoms with Gasteiger partial charge >= 0.3 is 0 Å². The summed E-state index contributed by atoms with van der Waals surface area (Å²) < 4.78 is 5.03. The minimum absolute atomic E-state index is 0.161. The second kappa shape index (κ2) is 5.22.